The highest BCUT2D eigenvalue weighted by molar-refractivity contribution is 5.27. The summed E-state index contributed by atoms with van der Waals surface area (Å²) >= 11 is 0. The summed E-state index contributed by atoms with van der Waals surface area (Å²) in [5, 5.41) is 13.6. The van der Waals surface area contributed by atoms with E-state index in [1.807, 2.05) is 61.5 Å². The van der Waals surface area contributed by atoms with Crippen molar-refractivity contribution in [1.29, 1.82) is 0 Å². The van der Waals surface area contributed by atoms with E-state index in [0.717, 1.165) is 17.9 Å². The fraction of sp³-hybridized carbons (Fsp3) is 0.333. The van der Waals surface area contributed by atoms with Crippen LogP contribution < -0.4 is 10.1 Å². The third-order valence-corrected chi connectivity index (χ3v) is 3.65. The zero-order chi connectivity index (χ0) is 15.1. The second-order valence-electron chi connectivity index (χ2n) is 5.27. The summed E-state index contributed by atoms with van der Waals surface area (Å²) in [4.78, 5) is 0. The Balaban J connectivity index is 1.81. The molecule has 3 heteroatoms. The molecule has 0 spiro atoms. The van der Waals surface area contributed by atoms with Crippen LogP contribution in [0.4, 0.5) is 0 Å². The van der Waals surface area contributed by atoms with E-state index in [1.165, 1.54) is 5.56 Å². The van der Waals surface area contributed by atoms with Crippen LogP contribution in [0.3, 0.4) is 0 Å². The number of nitrogens with one attached hydrogen (secondary N) is 1. The first-order valence-corrected chi connectivity index (χ1v) is 7.27. The van der Waals surface area contributed by atoms with Crippen LogP contribution >= 0.6 is 0 Å². The SMILES string of the molecule is COc1ccc(CNC(C)C(O)Cc2ccccc2)cc1. The molecule has 0 fully saturated rings. The van der Waals surface area contributed by atoms with E-state index in [-0.39, 0.29) is 6.04 Å². The molecule has 3 nitrogen and oxygen atoms in total. The Labute approximate surface area is 126 Å². The monoisotopic (exact) mass is 285 g/mol. The van der Waals surface area contributed by atoms with Crippen molar-refractivity contribution in [3.05, 3.63) is 65.7 Å². The van der Waals surface area contributed by atoms with Gasteiger partial charge in [0, 0.05) is 12.6 Å². The van der Waals surface area contributed by atoms with Gasteiger partial charge in [-0.25, -0.2) is 0 Å². The van der Waals surface area contributed by atoms with Gasteiger partial charge in [0.25, 0.3) is 0 Å². The molecule has 0 aliphatic carbocycles. The van der Waals surface area contributed by atoms with Gasteiger partial charge in [-0.05, 0) is 36.6 Å². The summed E-state index contributed by atoms with van der Waals surface area (Å²) < 4.78 is 5.14. The Hall–Kier alpha value is -1.84. The van der Waals surface area contributed by atoms with Crippen molar-refractivity contribution in [2.45, 2.75) is 32.0 Å². The molecule has 21 heavy (non-hydrogen) atoms. The number of aliphatic hydroxyl groups excluding tert-OH is 1. The number of hydrogen-bond donors (Lipinski definition) is 2. The van der Waals surface area contributed by atoms with Crippen LogP contribution in [0.15, 0.2) is 54.6 Å². The normalized spacial score (nSPS) is 13.7. The van der Waals surface area contributed by atoms with Gasteiger partial charge in [0.2, 0.25) is 0 Å². The van der Waals surface area contributed by atoms with E-state index in [1.54, 1.807) is 7.11 Å². The maximum Gasteiger partial charge on any atom is 0.118 e. The molecular weight excluding hydrogens is 262 g/mol. The fourth-order valence-electron chi connectivity index (χ4n) is 2.19. The van der Waals surface area contributed by atoms with Crippen LogP contribution in [0.2, 0.25) is 0 Å². The van der Waals surface area contributed by atoms with Crippen molar-refractivity contribution in [2.75, 3.05) is 7.11 Å². The molecule has 2 rings (SSSR count). The van der Waals surface area contributed by atoms with Gasteiger partial charge in [-0.1, -0.05) is 42.5 Å². The second kappa shape index (κ2) is 7.81. The predicted molar refractivity (Wildman–Crippen MR) is 85.4 cm³/mol. The van der Waals surface area contributed by atoms with Crippen molar-refractivity contribution in [3.8, 4) is 5.75 Å². The molecule has 2 aromatic rings. The Morgan fingerprint density at radius 2 is 1.67 bits per heavy atom. The van der Waals surface area contributed by atoms with Crippen LogP contribution in [0, 0.1) is 0 Å². The highest BCUT2D eigenvalue weighted by Crippen LogP contribution is 2.12. The van der Waals surface area contributed by atoms with Crippen molar-refractivity contribution in [3.63, 3.8) is 0 Å². The van der Waals surface area contributed by atoms with Gasteiger partial charge in [-0.3, -0.25) is 0 Å². The lowest BCUT2D eigenvalue weighted by Gasteiger charge is -2.20. The lowest BCUT2D eigenvalue weighted by Crippen LogP contribution is -2.38. The van der Waals surface area contributed by atoms with Gasteiger partial charge in [-0.15, -0.1) is 0 Å². The molecule has 0 aliphatic heterocycles. The molecular formula is C18H23NO2. The van der Waals surface area contributed by atoms with Gasteiger partial charge in [0.1, 0.15) is 5.75 Å². The highest BCUT2D eigenvalue weighted by Gasteiger charge is 2.14. The van der Waals surface area contributed by atoms with Crippen LogP contribution in [-0.4, -0.2) is 24.4 Å². The number of rotatable bonds is 7. The molecule has 0 bridgehead atoms. The summed E-state index contributed by atoms with van der Waals surface area (Å²) in [7, 11) is 1.66. The van der Waals surface area contributed by atoms with Crippen molar-refractivity contribution in [1.82, 2.24) is 5.32 Å². The van der Waals surface area contributed by atoms with Crippen molar-refractivity contribution < 1.29 is 9.84 Å². The van der Waals surface area contributed by atoms with Crippen molar-refractivity contribution in [2.24, 2.45) is 0 Å². The third kappa shape index (κ3) is 4.88. The van der Waals surface area contributed by atoms with E-state index in [9.17, 15) is 5.11 Å². The van der Waals surface area contributed by atoms with E-state index >= 15 is 0 Å². The number of benzene rings is 2. The molecule has 0 aliphatic rings. The second-order valence-corrected chi connectivity index (χ2v) is 5.27. The number of hydrogen-bond acceptors (Lipinski definition) is 3. The van der Waals surface area contributed by atoms with Gasteiger partial charge < -0.3 is 15.2 Å². The molecule has 2 atom stereocenters. The minimum absolute atomic E-state index is 0.0345. The third-order valence-electron chi connectivity index (χ3n) is 3.65. The molecule has 0 saturated carbocycles. The number of methoxy groups -OCH3 is 1. The Bertz CT molecular complexity index is 525. The lowest BCUT2D eigenvalue weighted by atomic mass is 10.0. The standard InChI is InChI=1S/C18H23NO2/c1-14(18(20)12-15-6-4-3-5-7-15)19-13-16-8-10-17(21-2)11-9-16/h3-11,14,18-20H,12-13H2,1-2H3. The minimum atomic E-state index is -0.398. The molecule has 0 heterocycles. The number of ether oxygens (including phenoxy) is 1. The molecule has 0 radical (unpaired) electrons. The highest BCUT2D eigenvalue weighted by atomic mass is 16.5. The average Bonchev–Trinajstić information content (AvgIpc) is 2.54. The van der Waals surface area contributed by atoms with Crippen LogP contribution in [-0.2, 0) is 13.0 Å². The molecule has 2 aromatic carbocycles. The smallest absolute Gasteiger partial charge is 0.118 e. The van der Waals surface area contributed by atoms with Crippen LogP contribution in [0.25, 0.3) is 0 Å². The van der Waals surface area contributed by atoms with E-state index in [0.29, 0.717) is 6.42 Å². The van der Waals surface area contributed by atoms with Gasteiger partial charge >= 0.3 is 0 Å². The largest absolute Gasteiger partial charge is 0.497 e. The Morgan fingerprint density at radius 3 is 2.29 bits per heavy atom. The summed E-state index contributed by atoms with van der Waals surface area (Å²) in [6.45, 7) is 2.74. The maximum atomic E-state index is 10.2. The zero-order valence-electron chi connectivity index (χ0n) is 12.6. The quantitative estimate of drug-likeness (QED) is 0.822. The first-order valence-electron chi connectivity index (χ1n) is 7.27. The summed E-state index contributed by atoms with van der Waals surface area (Å²) in [6.07, 6.45) is 0.267. The van der Waals surface area contributed by atoms with Crippen LogP contribution in [0.5, 0.6) is 5.75 Å². The summed E-state index contributed by atoms with van der Waals surface area (Å²) in [5.41, 5.74) is 2.33. The predicted octanol–water partition coefficient (Wildman–Crippen LogP) is 2.78. The van der Waals surface area contributed by atoms with Gasteiger partial charge in [-0.2, -0.15) is 0 Å². The maximum absolute atomic E-state index is 10.2. The van der Waals surface area contributed by atoms with E-state index in [4.69, 9.17) is 4.74 Å². The molecule has 112 valence electrons. The lowest BCUT2D eigenvalue weighted by molar-refractivity contribution is 0.134. The fourth-order valence-corrected chi connectivity index (χ4v) is 2.19. The molecule has 0 aromatic heterocycles. The first kappa shape index (κ1) is 15.5. The van der Waals surface area contributed by atoms with E-state index < -0.39 is 6.10 Å². The number of aliphatic hydroxyl groups is 1. The zero-order valence-corrected chi connectivity index (χ0v) is 12.6. The Kier molecular flexibility index (Phi) is 5.78. The van der Waals surface area contributed by atoms with Crippen LogP contribution in [0.1, 0.15) is 18.1 Å². The van der Waals surface area contributed by atoms with Gasteiger partial charge in [0.05, 0.1) is 13.2 Å². The topological polar surface area (TPSA) is 41.5 Å². The minimum Gasteiger partial charge on any atom is -0.497 e. The molecule has 2 N–H and O–H groups in total. The average molecular weight is 285 g/mol. The Morgan fingerprint density at radius 1 is 1.00 bits per heavy atom. The first-order chi connectivity index (χ1) is 10.2. The van der Waals surface area contributed by atoms with Crippen molar-refractivity contribution >= 4 is 0 Å². The van der Waals surface area contributed by atoms with Gasteiger partial charge in [0.15, 0.2) is 0 Å². The summed E-state index contributed by atoms with van der Waals surface area (Å²) in [5.74, 6) is 0.857. The summed E-state index contributed by atoms with van der Waals surface area (Å²) in [6, 6.07) is 18.1. The molecule has 2 unspecified atom stereocenters. The molecule has 0 saturated heterocycles. The van der Waals surface area contributed by atoms with E-state index in [2.05, 4.69) is 5.32 Å². The molecule has 0 amide bonds.